The van der Waals surface area contributed by atoms with Gasteiger partial charge in [-0.1, -0.05) is 39.1 Å². The summed E-state index contributed by atoms with van der Waals surface area (Å²) in [5, 5.41) is 3.43. The lowest BCUT2D eigenvalue weighted by Crippen LogP contribution is -1.98. The van der Waals surface area contributed by atoms with E-state index in [1.165, 1.54) is 30.5 Å². The van der Waals surface area contributed by atoms with Gasteiger partial charge in [0.25, 0.3) is 0 Å². The molecule has 0 heterocycles. The van der Waals surface area contributed by atoms with Crippen LogP contribution in [0.5, 0.6) is 0 Å². The fourth-order valence-electron chi connectivity index (χ4n) is 1.59. The van der Waals surface area contributed by atoms with Gasteiger partial charge in [0.15, 0.2) is 5.78 Å². The number of benzene rings is 2. The summed E-state index contributed by atoms with van der Waals surface area (Å²) in [5.74, 6) is -0.729. The van der Waals surface area contributed by atoms with Crippen LogP contribution in [0.25, 0.3) is 0 Å². The number of hydrogen-bond donors (Lipinski definition) is 1. The lowest BCUT2D eigenvalue weighted by Gasteiger charge is -2.03. The maximum atomic E-state index is 13.6. The van der Waals surface area contributed by atoms with Crippen molar-refractivity contribution in [2.75, 3.05) is 5.32 Å². The van der Waals surface area contributed by atoms with E-state index in [0.29, 0.717) is 15.1 Å². The third-order valence-corrected chi connectivity index (χ3v) is 3.64. The fraction of sp³-hybridized carbons (Fsp3) is 0. The Kier molecular flexibility index (Phi) is 5.39. The average Bonchev–Trinajstić information content (AvgIpc) is 2.41. The maximum absolute atomic E-state index is 13.6. The van der Waals surface area contributed by atoms with Crippen LogP contribution in [0.4, 0.5) is 10.1 Å². The van der Waals surface area contributed by atoms with Gasteiger partial charge in [0, 0.05) is 27.3 Å². The number of anilines is 1. The molecule has 2 nitrogen and oxygen atoms in total. The number of carbonyl (C=O) groups is 1. The van der Waals surface area contributed by atoms with Gasteiger partial charge < -0.3 is 5.32 Å². The minimum Gasteiger partial charge on any atom is -0.359 e. The molecule has 0 aliphatic carbocycles. The zero-order valence-corrected chi connectivity index (χ0v) is 13.6. The third-order valence-electron chi connectivity index (χ3n) is 2.60. The molecule has 6 heteroatoms. The van der Waals surface area contributed by atoms with Gasteiger partial charge in [0.05, 0.1) is 10.7 Å². The summed E-state index contributed by atoms with van der Waals surface area (Å²) < 4.78 is 14.2. The van der Waals surface area contributed by atoms with Gasteiger partial charge in [-0.25, -0.2) is 4.39 Å². The number of hydrogen-bond acceptors (Lipinski definition) is 2. The van der Waals surface area contributed by atoms with Crippen molar-refractivity contribution in [1.29, 1.82) is 0 Å². The van der Waals surface area contributed by atoms with Gasteiger partial charge in [-0.15, -0.1) is 0 Å². The van der Waals surface area contributed by atoms with Crippen molar-refractivity contribution >= 4 is 50.6 Å². The standard InChI is InChI=1S/C15H9BrCl2FNO/c16-9-1-4-14(13(19)7-9)20-6-5-15(21)11-3-2-10(17)8-12(11)18/h1-8,20H/b6-5-. The molecular formula is C15H9BrCl2FNO. The zero-order valence-electron chi connectivity index (χ0n) is 10.5. The van der Waals surface area contributed by atoms with Crippen molar-refractivity contribution in [1.82, 2.24) is 0 Å². The van der Waals surface area contributed by atoms with Crippen molar-refractivity contribution in [3.63, 3.8) is 0 Å². The van der Waals surface area contributed by atoms with Crippen molar-refractivity contribution in [2.24, 2.45) is 0 Å². The first-order chi connectivity index (χ1) is 9.97. The van der Waals surface area contributed by atoms with Crippen molar-refractivity contribution < 1.29 is 9.18 Å². The molecule has 1 N–H and O–H groups in total. The second kappa shape index (κ2) is 7.07. The van der Waals surface area contributed by atoms with Crippen LogP contribution in [0, 0.1) is 5.82 Å². The van der Waals surface area contributed by atoms with Crippen molar-refractivity contribution in [2.45, 2.75) is 0 Å². The second-order valence-electron chi connectivity index (χ2n) is 4.09. The Morgan fingerprint density at radius 1 is 1.19 bits per heavy atom. The topological polar surface area (TPSA) is 29.1 Å². The summed E-state index contributed by atoms with van der Waals surface area (Å²) in [6, 6.07) is 9.19. The second-order valence-corrected chi connectivity index (χ2v) is 5.85. The third kappa shape index (κ3) is 4.30. The summed E-state index contributed by atoms with van der Waals surface area (Å²) in [6.45, 7) is 0. The minimum atomic E-state index is -0.425. The molecule has 2 aromatic carbocycles. The SMILES string of the molecule is O=C(/C=C\Nc1ccc(Br)cc1F)c1ccc(Cl)cc1Cl. The molecule has 0 bridgehead atoms. The van der Waals surface area contributed by atoms with Crippen LogP contribution < -0.4 is 5.32 Å². The van der Waals surface area contributed by atoms with Crippen LogP contribution in [0.2, 0.25) is 10.0 Å². The zero-order chi connectivity index (χ0) is 15.4. The van der Waals surface area contributed by atoms with Crippen LogP contribution in [0.3, 0.4) is 0 Å². The highest BCUT2D eigenvalue weighted by Crippen LogP contribution is 2.22. The molecule has 0 spiro atoms. The van der Waals surface area contributed by atoms with E-state index in [2.05, 4.69) is 21.2 Å². The number of ketones is 1. The Balaban J connectivity index is 2.08. The van der Waals surface area contributed by atoms with E-state index in [-0.39, 0.29) is 16.5 Å². The predicted octanol–water partition coefficient (Wildman–Crippen LogP) is 5.70. The Morgan fingerprint density at radius 2 is 1.95 bits per heavy atom. The molecule has 0 saturated heterocycles. The van der Waals surface area contributed by atoms with E-state index in [1.54, 1.807) is 18.2 Å². The first-order valence-electron chi connectivity index (χ1n) is 5.85. The monoisotopic (exact) mass is 387 g/mol. The molecule has 0 unspecified atom stereocenters. The quantitative estimate of drug-likeness (QED) is 0.537. The Hall–Kier alpha value is -1.36. The van der Waals surface area contributed by atoms with E-state index < -0.39 is 5.82 Å². The summed E-state index contributed by atoms with van der Waals surface area (Å²) in [6.07, 6.45) is 2.64. The number of carbonyl (C=O) groups excluding carboxylic acids is 1. The van der Waals surface area contributed by atoms with Crippen LogP contribution in [0.1, 0.15) is 10.4 Å². The summed E-state index contributed by atoms with van der Waals surface area (Å²) in [5.41, 5.74) is 0.597. The molecule has 2 aromatic rings. The van der Waals surface area contributed by atoms with E-state index >= 15 is 0 Å². The summed E-state index contributed by atoms with van der Waals surface area (Å²) >= 11 is 14.9. The maximum Gasteiger partial charge on any atom is 0.188 e. The van der Waals surface area contributed by atoms with Crippen molar-refractivity contribution in [3.05, 3.63) is 74.6 Å². The fourth-order valence-corrected chi connectivity index (χ4v) is 2.43. The van der Waals surface area contributed by atoms with Gasteiger partial charge in [-0.05, 0) is 36.4 Å². The molecule has 0 aliphatic heterocycles. The molecular weight excluding hydrogens is 380 g/mol. The van der Waals surface area contributed by atoms with Gasteiger partial charge in [0.1, 0.15) is 5.82 Å². The van der Waals surface area contributed by atoms with Gasteiger partial charge in [-0.3, -0.25) is 4.79 Å². The Labute approximate surface area is 139 Å². The highest BCUT2D eigenvalue weighted by molar-refractivity contribution is 9.10. The highest BCUT2D eigenvalue weighted by atomic mass is 79.9. The molecule has 0 saturated carbocycles. The van der Waals surface area contributed by atoms with Gasteiger partial charge in [0.2, 0.25) is 0 Å². The molecule has 0 amide bonds. The molecule has 0 radical (unpaired) electrons. The molecule has 2 rings (SSSR count). The lowest BCUT2D eigenvalue weighted by atomic mass is 10.1. The first-order valence-corrected chi connectivity index (χ1v) is 7.40. The largest absolute Gasteiger partial charge is 0.359 e. The predicted molar refractivity (Wildman–Crippen MR) is 87.7 cm³/mol. The van der Waals surface area contributed by atoms with Crippen molar-refractivity contribution in [3.8, 4) is 0 Å². The van der Waals surface area contributed by atoms with Gasteiger partial charge in [-0.2, -0.15) is 0 Å². The number of nitrogens with one attached hydrogen (secondary N) is 1. The normalized spacial score (nSPS) is 10.9. The van der Waals surface area contributed by atoms with E-state index in [9.17, 15) is 9.18 Å². The van der Waals surface area contributed by atoms with Crippen LogP contribution in [-0.2, 0) is 0 Å². The van der Waals surface area contributed by atoms with Crippen LogP contribution >= 0.6 is 39.1 Å². The molecule has 0 aromatic heterocycles. The number of allylic oxidation sites excluding steroid dienone is 1. The van der Waals surface area contributed by atoms with E-state index in [4.69, 9.17) is 23.2 Å². The molecule has 21 heavy (non-hydrogen) atoms. The average molecular weight is 389 g/mol. The number of halogens is 4. The lowest BCUT2D eigenvalue weighted by molar-refractivity contribution is 0.104. The first kappa shape index (κ1) is 16.0. The Morgan fingerprint density at radius 3 is 2.62 bits per heavy atom. The molecule has 108 valence electrons. The molecule has 0 aliphatic rings. The number of rotatable bonds is 4. The smallest absolute Gasteiger partial charge is 0.188 e. The molecule has 0 atom stereocenters. The van der Waals surface area contributed by atoms with Crippen LogP contribution in [0.15, 0.2) is 53.1 Å². The van der Waals surface area contributed by atoms with Gasteiger partial charge >= 0.3 is 0 Å². The van der Waals surface area contributed by atoms with Crippen LogP contribution in [-0.4, -0.2) is 5.78 Å². The minimum absolute atomic E-state index is 0.268. The molecule has 0 fully saturated rings. The highest BCUT2D eigenvalue weighted by Gasteiger charge is 2.07. The summed E-state index contributed by atoms with van der Waals surface area (Å²) in [4.78, 5) is 12.0. The van der Waals surface area contributed by atoms with E-state index in [1.807, 2.05) is 0 Å². The Bertz CT molecular complexity index is 719. The van der Waals surface area contributed by atoms with E-state index in [0.717, 1.165) is 0 Å². The summed E-state index contributed by atoms with van der Waals surface area (Å²) in [7, 11) is 0.